The standard InChI is InChI=1S/C18H37NO/c1-2-3-4-5-6-7-8-9-10-11-12-13-14-15-16-17-18(19)20/h2-17H2,1H3,(H2,19,20)/p+1. The average Bonchev–Trinajstić information content (AvgIpc) is 2.43. The first-order valence-corrected chi connectivity index (χ1v) is 9.05. The second-order valence-electron chi connectivity index (χ2n) is 6.17. The van der Waals surface area contributed by atoms with E-state index in [1.165, 1.54) is 89.9 Å². The number of unbranched alkanes of at least 4 members (excludes halogenated alkanes) is 14. The summed E-state index contributed by atoms with van der Waals surface area (Å²) >= 11 is 0. The third-order valence-corrected chi connectivity index (χ3v) is 4.03. The van der Waals surface area contributed by atoms with Crippen LogP contribution >= 0.6 is 0 Å². The normalized spacial score (nSPS) is 10.8. The van der Waals surface area contributed by atoms with Crippen LogP contribution in [-0.4, -0.2) is 5.91 Å². The summed E-state index contributed by atoms with van der Waals surface area (Å²) in [6, 6.07) is 0. The van der Waals surface area contributed by atoms with E-state index in [0.717, 1.165) is 6.42 Å². The lowest BCUT2D eigenvalue weighted by molar-refractivity contribution is -0.118. The van der Waals surface area contributed by atoms with Gasteiger partial charge in [0.2, 0.25) is 5.91 Å². The number of nitrogens with two attached hydrogens (primary N) is 1. The van der Waals surface area contributed by atoms with E-state index in [1.807, 2.05) is 0 Å². The zero-order chi connectivity index (χ0) is 14.9. The van der Waals surface area contributed by atoms with Gasteiger partial charge in [-0.25, -0.2) is 0 Å². The molecule has 0 saturated heterocycles. The smallest absolute Gasteiger partial charge is 0.370 e. The lowest BCUT2D eigenvalue weighted by atomic mass is 10.0. The molecule has 0 radical (unpaired) electrons. The summed E-state index contributed by atoms with van der Waals surface area (Å²) in [6.45, 7) is 2.28. The van der Waals surface area contributed by atoms with Gasteiger partial charge in [0.25, 0.3) is 0 Å². The highest BCUT2D eigenvalue weighted by atomic mass is 16.1. The highest BCUT2D eigenvalue weighted by Gasteiger charge is 1.96. The van der Waals surface area contributed by atoms with Crippen LogP contribution in [0.2, 0.25) is 0 Å². The Morgan fingerprint density at radius 1 is 0.650 bits per heavy atom. The van der Waals surface area contributed by atoms with Crippen LogP contribution in [-0.2, 0) is 4.79 Å². The van der Waals surface area contributed by atoms with Gasteiger partial charge in [0.15, 0.2) is 0 Å². The fourth-order valence-corrected chi connectivity index (χ4v) is 2.67. The van der Waals surface area contributed by atoms with Crippen LogP contribution in [0.25, 0.3) is 0 Å². The van der Waals surface area contributed by atoms with Crippen molar-refractivity contribution in [3.8, 4) is 0 Å². The molecule has 20 heavy (non-hydrogen) atoms. The molecule has 0 heterocycles. The topological polar surface area (TPSA) is 43.1 Å². The number of hydrogen-bond acceptors (Lipinski definition) is 1. The minimum atomic E-state index is -0.153. The summed E-state index contributed by atoms with van der Waals surface area (Å²) in [5, 5.41) is 0. The fraction of sp³-hybridized carbons (Fsp3) is 0.944. The molecule has 2 heteroatoms. The van der Waals surface area contributed by atoms with Crippen molar-refractivity contribution in [2.24, 2.45) is 5.73 Å². The van der Waals surface area contributed by atoms with Gasteiger partial charge in [-0.3, -0.25) is 4.79 Å². The number of hydrogen-bond donors (Lipinski definition) is 1. The van der Waals surface area contributed by atoms with E-state index >= 15 is 0 Å². The van der Waals surface area contributed by atoms with Crippen LogP contribution in [0.15, 0.2) is 0 Å². The number of rotatable bonds is 16. The molecular weight excluding hydrogens is 246 g/mol. The van der Waals surface area contributed by atoms with Crippen molar-refractivity contribution in [1.29, 1.82) is 0 Å². The third-order valence-electron chi connectivity index (χ3n) is 4.03. The summed E-state index contributed by atoms with van der Waals surface area (Å²) in [4.78, 5) is 10.6. The van der Waals surface area contributed by atoms with E-state index in [1.54, 1.807) is 0 Å². The SMILES string of the molecule is CCCCCCCCCCCCCCCCCC(N)=O.[H+]. The molecule has 0 unspecified atom stereocenters. The fourth-order valence-electron chi connectivity index (χ4n) is 2.67. The van der Waals surface area contributed by atoms with Crippen molar-refractivity contribution in [2.75, 3.05) is 0 Å². The molecule has 0 atom stereocenters. The highest BCUT2D eigenvalue weighted by Crippen LogP contribution is 2.13. The Labute approximate surface area is 128 Å². The Morgan fingerprint density at radius 2 is 0.950 bits per heavy atom. The number of carbonyl (C=O) groups excluding carboxylic acids is 1. The van der Waals surface area contributed by atoms with Gasteiger partial charge >= 0.3 is 1.43 Å². The molecule has 2 nitrogen and oxygen atoms in total. The Hall–Kier alpha value is -0.530. The van der Waals surface area contributed by atoms with Gasteiger partial charge in [-0.05, 0) is 6.42 Å². The maximum atomic E-state index is 10.6. The summed E-state index contributed by atoms with van der Waals surface area (Å²) in [6.07, 6.45) is 20.9. The van der Waals surface area contributed by atoms with E-state index in [-0.39, 0.29) is 7.33 Å². The molecule has 0 aromatic heterocycles. The number of primary amides is 1. The van der Waals surface area contributed by atoms with E-state index in [9.17, 15) is 4.79 Å². The van der Waals surface area contributed by atoms with E-state index in [0.29, 0.717) is 6.42 Å². The van der Waals surface area contributed by atoms with Crippen molar-refractivity contribution >= 4 is 5.91 Å². The molecule has 0 fully saturated rings. The maximum Gasteiger partial charge on any atom is 1.00 e. The Kier molecular flexibility index (Phi) is 16.1. The molecule has 0 bridgehead atoms. The van der Waals surface area contributed by atoms with Gasteiger partial charge in [-0.15, -0.1) is 0 Å². The Bertz CT molecular complexity index is 209. The summed E-state index contributed by atoms with van der Waals surface area (Å²) < 4.78 is 0. The van der Waals surface area contributed by atoms with Crippen LogP contribution < -0.4 is 5.73 Å². The van der Waals surface area contributed by atoms with Crippen molar-refractivity contribution in [3.05, 3.63) is 0 Å². The molecule has 0 rings (SSSR count). The predicted octanol–water partition coefficient (Wildman–Crippen LogP) is 5.85. The van der Waals surface area contributed by atoms with E-state index in [2.05, 4.69) is 6.92 Å². The molecule has 0 spiro atoms. The van der Waals surface area contributed by atoms with Crippen molar-refractivity contribution < 1.29 is 6.22 Å². The van der Waals surface area contributed by atoms with Gasteiger partial charge in [0.1, 0.15) is 0 Å². The maximum absolute atomic E-state index is 10.6. The Balaban J connectivity index is 0. The number of amides is 1. The molecule has 2 N–H and O–H groups in total. The van der Waals surface area contributed by atoms with E-state index < -0.39 is 0 Å². The monoisotopic (exact) mass is 284 g/mol. The largest absolute Gasteiger partial charge is 1.00 e. The van der Waals surface area contributed by atoms with Crippen LogP contribution in [0.1, 0.15) is 111 Å². The van der Waals surface area contributed by atoms with Crippen LogP contribution in [0.4, 0.5) is 0 Å². The van der Waals surface area contributed by atoms with Gasteiger partial charge in [-0.1, -0.05) is 96.8 Å². The van der Waals surface area contributed by atoms with E-state index in [4.69, 9.17) is 5.73 Å². The number of carbonyl (C=O) groups is 1. The van der Waals surface area contributed by atoms with Gasteiger partial charge in [-0.2, -0.15) is 0 Å². The predicted molar refractivity (Wildman–Crippen MR) is 89.9 cm³/mol. The minimum absolute atomic E-state index is 0. The molecule has 0 saturated carbocycles. The molecule has 1 amide bonds. The summed E-state index contributed by atoms with van der Waals surface area (Å²) in [5.74, 6) is -0.153. The van der Waals surface area contributed by atoms with Gasteiger partial charge in [0.05, 0.1) is 0 Å². The first kappa shape index (κ1) is 19.5. The zero-order valence-corrected chi connectivity index (χ0v) is 13.8. The van der Waals surface area contributed by atoms with Gasteiger partial charge in [0, 0.05) is 6.42 Å². The third kappa shape index (κ3) is 17.5. The lowest BCUT2D eigenvalue weighted by Gasteiger charge is -2.03. The summed E-state index contributed by atoms with van der Waals surface area (Å²) in [5.41, 5.74) is 5.11. The highest BCUT2D eigenvalue weighted by molar-refractivity contribution is 5.73. The first-order chi connectivity index (χ1) is 9.77. The minimum Gasteiger partial charge on any atom is -0.370 e. The zero-order valence-electron chi connectivity index (χ0n) is 14.8. The second kappa shape index (κ2) is 16.5. The second-order valence-corrected chi connectivity index (χ2v) is 6.17. The molecule has 0 aliphatic heterocycles. The average molecular weight is 285 g/mol. The molecule has 120 valence electrons. The molecule has 0 aliphatic carbocycles. The van der Waals surface area contributed by atoms with Crippen molar-refractivity contribution in [1.82, 2.24) is 0 Å². The molecule has 0 aliphatic rings. The van der Waals surface area contributed by atoms with Crippen molar-refractivity contribution in [2.45, 2.75) is 110 Å². The lowest BCUT2D eigenvalue weighted by Crippen LogP contribution is -2.09. The molecule has 0 aromatic carbocycles. The van der Waals surface area contributed by atoms with Crippen LogP contribution in [0, 0.1) is 0 Å². The van der Waals surface area contributed by atoms with Crippen LogP contribution in [0.5, 0.6) is 0 Å². The van der Waals surface area contributed by atoms with Gasteiger partial charge < -0.3 is 5.73 Å². The molecule has 0 aromatic rings. The quantitative estimate of drug-likeness (QED) is 0.355. The first-order valence-electron chi connectivity index (χ1n) is 9.05. The molecular formula is C18H38NO+. The Morgan fingerprint density at radius 3 is 1.25 bits per heavy atom. The van der Waals surface area contributed by atoms with Crippen LogP contribution in [0.3, 0.4) is 0 Å². The summed E-state index contributed by atoms with van der Waals surface area (Å²) in [7, 11) is 0. The van der Waals surface area contributed by atoms with Crippen molar-refractivity contribution in [3.63, 3.8) is 0 Å².